The fourth-order valence-corrected chi connectivity index (χ4v) is 4.77. The van der Waals surface area contributed by atoms with Crippen LogP contribution in [0.2, 0.25) is 0 Å². The van der Waals surface area contributed by atoms with E-state index in [9.17, 15) is 0 Å². The van der Waals surface area contributed by atoms with Gasteiger partial charge in [0.25, 0.3) is 5.89 Å². The van der Waals surface area contributed by atoms with Crippen LogP contribution in [0.4, 0.5) is 0 Å². The Morgan fingerprint density at radius 3 is 2.97 bits per heavy atom. The second-order valence-corrected chi connectivity index (χ2v) is 8.38. The highest BCUT2D eigenvalue weighted by Gasteiger charge is 2.29. The van der Waals surface area contributed by atoms with E-state index in [1.807, 2.05) is 19.1 Å². The van der Waals surface area contributed by atoms with E-state index in [0.29, 0.717) is 11.8 Å². The maximum atomic E-state index is 6.09. The van der Waals surface area contributed by atoms with Crippen LogP contribution in [0.5, 0.6) is 5.75 Å². The average Bonchev–Trinajstić information content (AvgIpc) is 3.42. The van der Waals surface area contributed by atoms with Crippen molar-refractivity contribution in [2.75, 3.05) is 13.7 Å². The van der Waals surface area contributed by atoms with Gasteiger partial charge in [-0.3, -0.25) is 4.90 Å². The van der Waals surface area contributed by atoms with Crippen LogP contribution in [0.15, 0.2) is 40.3 Å². The molecule has 1 aliphatic heterocycles. The van der Waals surface area contributed by atoms with Crippen LogP contribution in [0.25, 0.3) is 21.7 Å². The SMILES string of the molecule is COc1cccc2ccc(CN3CCCCC3c3nnc(-c4scnc4C)o3)nc12. The van der Waals surface area contributed by atoms with Crippen LogP contribution in [0.1, 0.15) is 42.6 Å². The first-order valence-electron chi connectivity index (χ1n) is 10.1. The number of ether oxygens (including phenoxy) is 1. The zero-order chi connectivity index (χ0) is 20.5. The topological polar surface area (TPSA) is 77.2 Å². The lowest BCUT2D eigenvalue weighted by atomic mass is 10.0. The highest BCUT2D eigenvalue weighted by Crippen LogP contribution is 2.34. The van der Waals surface area contributed by atoms with E-state index >= 15 is 0 Å². The summed E-state index contributed by atoms with van der Waals surface area (Å²) in [6.07, 6.45) is 3.31. The summed E-state index contributed by atoms with van der Waals surface area (Å²) in [5.41, 5.74) is 4.63. The number of benzene rings is 1. The van der Waals surface area contributed by atoms with Gasteiger partial charge in [0.05, 0.1) is 30.1 Å². The molecule has 1 aliphatic rings. The third-order valence-electron chi connectivity index (χ3n) is 5.61. The van der Waals surface area contributed by atoms with E-state index in [1.165, 1.54) is 11.3 Å². The summed E-state index contributed by atoms with van der Waals surface area (Å²) in [5.74, 6) is 2.03. The van der Waals surface area contributed by atoms with Crippen molar-refractivity contribution < 1.29 is 9.15 Å². The molecule has 1 saturated heterocycles. The Morgan fingerprint density at radius 2 is 2.13 bits per heavy atom. The number of para-hydroxylation sites is 1. The quantitative estimate of drug-likeness (QED) is 0.459. The molecule has 154 valence electrons. The van der Waals surface area contributed by atoms with Gasteiger partial charge in [-0.1, -0.05) is 24.6 Å². The Kier molecular flexibility index (Phi) is 5.18. The molecule has 8 heteroatoms. The zero-order valence-electron chi connectivity index (χ0n) is 17.0. The van der Waals surface area contributed by atoms with Crippen molar-refractivity contribution in [3.63, 3.8) is 0 Å². The first-order valence-corrected chi connectivity index (χ1v) is 11.0. The number of methoxy groups -OCH3 is 1. The number of aromatic nitrogens is 4. The lowest BCUT2D eigenvalue weighted by Gasteiger charge is -2.33. The molecule has 7 nitrogen and oxygen atoms in total. The minimum Gasteiger partial charge on any atom is -0.494 e. The molecule has 4 aromatic rings. The second kappa shape index (κ2) is 8.12. The Balaban J connectivity index is 1.42. The van der Waals surface area contributed by atoms with E-state index in [0.717, 1.165) is 65.3 Å². The number of aryl methyl sites for hydroxylation is 1. The molecule has 5 rings (SSSR count). The molecule has 0 bridgehead atoms. The molecule has 4 heterocycles. The van der Waals surface area contributed by atoms with Crippen LogP contribution in [-0.2, 0) is 6.54 Å². The van der Waals surface area contributed by atoms with Crippen LogP contribution in [0, 0.1) is 6.92 Å². The average molecular weight is 422 g/mol. The third kappa shape index (κ3) is 3.57. The minimum atomic E-state index is 0.100. The van der Waals surface area contributed by atoms with Gasteiger partial charge in [0.1, 0.15) is 16.1 Å². The molecule has 0 saturated carbocycles. The Hall–Kier alpha value is -2.84. The Bertz CT molecular complexity index is 1170. The number of pyridine rings is 1. The maximum Gasteiger partial charge on any atom is 0.259 e. The van der Waals surface area contributed by atoms with Crippen molar-refractivity contribution in [3.05, 3.63) is 53.1 Å². The zero-order valence-corrected chi connectivity index (χ0v) is 17.9. The Labute approximate surface area is 178 Å². The van der Waals surface area contributed by atoms with E-state index in [-0.39, 0.29) is 6.04 Å². The van der Waals surface area contributed by atoms with Gasteiger partial charge >= 0.3 is 0 Å². The van der Waals surface area contributed by atoms with Crippen LogP contribution in [-0.4, -0.2) is 38.7 Å². The van der Waals surface area contributed by atoms with Crippen molar-refractivity contribution in [2.24, 2.45) is 0 Å². The minimum absolute atomic E-state index is 0.100. The van der Waals surface area contributed by atoms with E-state index in [4.69, 9.17) is 14.1 Å². The third-order valence-corrected chi connectivity index (χ3v) is 6.52. The van der Waals surface area contributed by atoms with Gasteiger partial charge in [-0.25, -0.2) is 9.97 Å². The van der Waals surface area contributed by atoms with Crippen molar-refractivity contribution in [1.29, 1.82) is 0 Å². The molecule has 0 N–H and O–H groups in total. The molecular formula is C22H23N5O2S. The predicted molar refractivity (Wildman–Crippen MR) is 115 cm³/mol. The van der Waals surface area contributed by atoms with Crippen LogP contribution < -0.4 is 4.74 Å². The lowest BCUT2D eigenvalue weighted by molar-refractivity contribution is 0.117. The molecule has 0 aliphatic carbocycles. The molecule has 3 aromatic heterocycles. The lowest BCUT2D eigenvalue weighted by Crippen LogP contribution is -2.33. The summed E-state index contributed by atoms with van der Waals surface area (Å²) >= 11 is 1.53. The summed E-state index contributed by atoms with van der Waals surface area (Å²) in [6, 6.07) is 10.3. The van der Waals surface area contributed by atoms with Gasteiger partial charge < -0.3 is 9.15 Å². The largest absolute Gasteiger partial charge is 0.494 e. The van der Waals surface area contributed by atoms with Crippen molar-refractivity contribution in [1.82, 2.24) is 25.1 Å². The van der Waals surface area contributed by atoms with E-state index in [1.54, 1.807) is 12.6 Å². The summed E-state index contributed by atoms with van der Waals surface area (Å²) < 4.78 is 11.6. The standard InChI is InChI=1S/C22H23N5O2S/c1-14-20(30-13-23-14)22-26-25-21(29-22)17-7-3-4-11-27(17)12-16-10-9-15-6-5-8-18(28-2)19(15)24-16/h5-6,8-10,13,17H,3-4,7,11-12H2,1-2H3. The number of thiazole rings is 1. The van der Waals surface area contributed by atoms with Gasteiger partial charge in [0, 0.05) is 11.9 Å². The molecule has 0 radical (unpaired) electrons. The number of hydrogen-bond donors (Lipinski definition) is 0. The number of piperidine rings is 1. The van der Waals surface area contributed by atoms with Crippen molar-refractivity contribution in [2.45, 2.75) is 38.8 Å². The highest BCUT2D eigenvalue weighted by atomic mass is 32.1. The smallest absolute Gasteiger partial charge is 0.259 e. The van der Waals surface area contributed by atoms with Crippen molar-refractivity contribution >= 4 is 22.2 Å². The number of likely N-dealkylation sites (tertiary alicyclic amines) is 1. The fourth-order valence-electron chi connectivity index (χ4n) is 4.05. The number of nitrogens with zero attached hydrogens (tertiary/aromatic N) is 5. The number of fused-ring (bicyclic) bond motifs is 1. The first kappa shape index (κ1) is 19.1. The molecule has 1 atom stereocenters. The number of rotatable bonds is 5. The van der Waals surface area contributed by atoms with Gasteiger partial charge in [-0.2, -0.15) is 0 Å². The van der Waals surface area contributed by atoms with Crippen LogP contribution in [0.3, 0.4) is 0 Å². The van der Waals surface area contributed by atoms with E-state index in [2.05, 4.69) is 38.3 Å². The maximum absolute atomic E-state index is 6.09. The Morgan fingerprint density at radius 1 is 1.20 bits per heavy atom. The molecular weight excluding hydrogens is 398 g/mol. The molecule has 1 fully saturated rings. The molecule has 30 heavy (non-hydrogen) atoms. The van der Waals surface area contributed by atoms with Crippen LogP contribution >= 0.6 is 11.3 Å². The fraction of sp³-hybridized carbons (Fsp3) is 0.364. The summed E-state index contributed by atoms with van der Waals surface area (Å²) in [7, 11) is 1.68. The first-order chi connectivity index (χ1) is 14.7. The predicted octanol–water partition coefficient (Wildman–Crippen LogP) is 4.79. The normalized spacial score (nSPS) is 17.5. The molecule has 0 amide bonds. The summed E-state index contributed by atoms with van der Waals surface area (Å²) in [4.78, 5) is 12.5. The number of hydrogen-bond acceptors (Lipinski definition) is 8. The monoisotopic (exact) mass is 421 g/mol. The highest BCUT2D eigenvalue weighted by molar-refractivity contribution is 7.13. The molecule has 1 unspecified atom stereocenters. The van der Waals surface area contributed by atoms with E-state index < -0.39 is 0 Å². The van der Waals surface area contributed by atoms with Gasteiger partial charge in [0.2, 0.25) is 5.89 Å². The molecule has 0 spiro atoms. The van der Waals surface area contributed by atoms with Gasteiger partial charge in [0.15, 0.2) is 0 Å². The van der Waals surface area contributed by atoms with Crippen molar-refractivity contribution in [3.8, 4) is 16.5 Å². The molecule has 1 aromatic carbocycles. The summed E-state index contributed by atoms with van der Waals surface area (Å²) in [6.45, 7) is 3.67. The second-order valence-electron chi connectivity index (χ2n) is 7.53. The van der Waals surface area contributed by atoms with Gasteiger partial charge in [-0.15, -0.1) is 21.5 Å². The summed E-state index contributed by atoms with van der Waals surface area (Å²) in [5, 5.41) is 9.76. The van der Waals surface area contributed by atoms with Gasteiger partial charge in [-0.05, 0) is 38.4 Å².